The molecule has 0 aliphatic heterocycles. The van der Waals surface area contributed by atoms with Crippen LogP contribution in [0.25, 0.3) is 11.0 Å². The molecule has 3 aromatic rings. The molecule has 134 valence electrons. The number of hydrogen-bond acceptors (Lipinski definition) is 5. The number of hydrogen-bond donors (Lipinski definition) is 2. The Kier molecular flexibility index (Phi) is 3.71. The molecule has 4 rings (SSSR count). The number of nitrogens with one attached hydrogen (secondary N) is 1. The number of carbonyl (C=O) groups excluding carboxylic acids is 1. The minimum absolute atomic E-state index is 0.261. The van der Waals surface area contributed by atoms with E-state index in [2.05, 4.69) is 20.5 Å². The first-order valence-electron chi connectivity index (χ1n) is 8.33. The fraction of sp³-hybridized carbons (Fsp3) is 0.353. The van der Waals surface area contributed by atoms with Crippen molar-refractivity contribution in [1.29, 1.82) is 0 Å². The summed E-state index contributed by atoms with van der Waals surface area (Å²) in [6.45, 7) is 1.59. The average molecular weight is 354 g/mol. The highest BCUT2D eigenvalue weighted by molar-refractivity contribution is 6.12. The number of aromatic nitrogens is 5. The molecule has 0 saturated heterocycles. The van der Waals surface area contributed by atoms with Gasteiger partial charge in [0, 0.05) is 30.9 Å². The molecule has 9 nitrogen and oxygen atoms in total. The minimum atomic E-state index is -0.998. The van der Waals surface area contributed by atoms with E-state index in [-0.39, 0.29) is 12.5 Å². The van der Waals surface area contributed by atoms with Crippen molar-refractivity contribution in [1.82, 2.24) is 24.5 Å². The van der Waals surface area contributed by atoms with E-state index in [4.69, 9.17) is 5.11 Å². The Morgan fingerprint density at radius 2 is 2.12 bits per heavy atom. The molecule has 0 bridgehead atoms. The summed E-state index contributed by atoms with van der Waals surface area (Å²) in [6.07, 6.45) is 3.67. The van der Waals surface area contributed by atoms with E-state index in [1.165, 1.54) is 10.9 Å². The van der Waals surface area contributed by atoms with Crippen LogP contribution in [0.3, 0.4) is 0 Å². The van der Waals surface area contributed by atoms with Gasteiger partial charge in [0.05, 0.1) is 16.6 Å². The van der Waals surface area contributed by atoms with Crippen LogP contribution in [-0.4, -0.2) is 41.5 Å². The maximum absolute atomic E-state index is 12.9. The van der Waals surface area contributed by atoms with Crippen molar-refractivity contribution < 1.29 is 14.7 Å². The molecule has 3 aromatic heterocycles. The number of aliphatic carboxylic acids is 1. The van der Waals surface area contributed by atoms with E-state index < -0.39 is 5.97 Å². The summed E-state index contributed by atoms with van der Waals surface area (Å²) in [7, 11) is 1.81. The lowest BCUT2D eigenvalue weighted by atomic mass is 10.1. The lowest BCUT2D eigenvalue weighted by Gasteiger charge is -2.07. The van der Waals surface area contributed by atoms with Crippen LogP contribution in [0.15, 0.2) is 18.3 Å². The summed E-state index contributed by atoms with van der Waals surface area (Å²) in [6, 6.07) is 3.40. The molecule has 3 heterocycles. The second-order valence-corrected chi connectivity index (χ2v) is 6.52. The van der Waals surface area contributed by atoms with Gasteiger partial charge in [0.2, 0.25) is 0 Å². The summed E-state index contributed by atoms with van der Waals surface area (Å²) in [5.74, 6) is -0.607. The molecule has 1 amide bonds. The Morgan fingerprint density at radius 3 is 2.81 bits per heavy atom. The van der Waals surface area contributed by atoms with Crippen LogP contribution in [0.5, 0.6) is 0 Å². The molecule has 1 fully saturated rings. The first-order chi connectivity index (χ1) is 12.4. The first kappa shape index (κ1) is 16.2. The molecule has 0 spiro atoms. The molecule has 2 N–H and O–H groups in total. The molecule has 9 heteroatoms. The maximum atomic E-state index is 12.9. The number of pyridine rings is 1. The van der Waals surface area contributed by atoms with Crippen molar-refractivity contribution in [2.24, 2.45) is 7.05 Å². The molecule has 1 aliphatic rings. The van der Waals surface area contributed by atoms with Gasteiger partial charge < -0.3 is 10.4 Å². The van der Waals surface area contributed by atoms with Gasteiger partial charge in [-0.15, -0.1) is 0 Å². The summed E-state index contributed by atoms with van der Waals surface area (Å²) in [4.78, 5) is 28.3. The zero-order valence-corrected chi connectivity index (χ0v) is 14.4. The van der Waals surface area contributed by atoms with Crippen LogP contribution in [0, 0.1) is 6.92 Å². The highest BCUT2D eigenvalue weighted by Gasteiger charge is 2.28. The topological polar surface area (TPSA) is 115 Å². The van der Waals surface area contributed by atoms with Crippen molar-refractivity contribution in [3.63, 3.8) is 0 Å². The predicted octanol–water partition coefficient (Wildman–Crippen LogP) is 1.69. The number of nitrogens with zero attached hydrogens (tertiary/aromatic N) is 5. The SMILES string of the molecule is Cc1nn(C)c2nc(C3CC3)cc(C(=O)Nc3ccn(CC(=O)O)n3)c12. The number of amides is 1. The number of carboxylic acids is 1. The van der Waals surface area contributed by atoms with Gasteiger partial charge in [0.25, 0.3) is 5.91 Å². The van der Waals surface area contributed by atoms with Crippen molar-refractivity contribution in [2.45, 2.75) is 32.2 Å². The molecule has 0 atom stereocenters. The number of carboxylic acid groups (broad SMARTS) is 1. The molecule has 0 aromatic carbocycles. The Labute approximate surface area is 148 Å². The van der Waals surface area contributed by atoms with E-state index in [9.17, 15) is 9.59 Å². The van der Waals surface area contributed by atoms with Gasteiger partial charge in [-0.05, 0) is 25.8 Å². The second-order valence-electron chi connectivity index (χ2n) is 6.52. The third-order valence-corrected chi connectivity index (χ3v) is 4.41. The number of aryl methyl sites for hydroxylation is 2. The Morgan fingerprint density at radius 1 is 1.35 bits per heavy atom. The smallest absolute Gasteiger partial charge is 0.325 e. The minimum Gasteiger partial charge on any atom is -0.480 e. The highest BCUT2D eigenvalue weighted by atomic mass is 16.4. The van der Waals surface area contributed by atoms with Gasteiger partial charge in [0.15, 0.2) is 11.5 Å². The number of carbonyl (C=O) groups is 2. The Hall–Kier alpha value is -3.23. The molecule has 0 radical (unpaired) electrons. The van der Waals surface area contributed by atoms with Crippen LogP contribution in [0.2, 0.25) is 0 Å². The molecule has 26 heavy (non-hydrogen) atoms. The standard InChI is InChI=1S/C17H18N6O3/c1-9-15-11(7-12(10-3-4-10)18-16(15)22(2)20-9)17(26)19-13-5-6-23(21-13)8-14(24)25/h5-7,10H,3-4,8H2,1-2H3,(H,24,25)(H,19,21,26). The zero-order chi connectivity index (χ0) is 18.4. The third-order valence-electron chi connectivity index (χ3n) is 4.41. The summed E-state index contributed by atoms with van der Waals surface area (Å²) < 4.78 is 2.94. The Bertz CT molecular complexity index is 1030. The fourth-order valence-corrected chi connectivity index (χ4v) is 3.07. The van der Waals surface area contributed by atoms with Gasteiger partial charge in [0.1, 0.15) is 6.54 Å². The monoisotopic (exact) mass is 354 g/mol. The number of rotatable bonds is 5. The van der Waals surface area contributed by atoms with Crippen molar-refractivity contribution in [2.75, 3.05) is 5.32 Å². The lowest BCUT2D eigenvalue weighted by Crippen LogP contribution is -2.15. The first-order valence-corrected chi connectivity index (χ1v) is 8.33. The van der Waals surface area contributed by atoms with Gasteiger partial charge in [-0.2, -0.15) is 10.2 Å². The molecule has 1 aliphatic carbocycles. The van der Waals surface area contributed by atoms with Gasteiger partial charge in [-0.25, -0.2) is 4.98 Å². The summed E-state index contributed by atoms with van der Waals surface area (Å²) >= 11 is 0. The third kappa shape index (κ3) is 2.92. The van der Waals surface area contributed by atoms with E-state index in [1.807, 2.05) is 20.0 Å². The van der Waals surface area contributed by atoms with E-state index in [0.717, 1.165) is 29.6 Å². The number of fused-ring (bicyclic) bond motifs is 1. The van der Waals surface area contributed by atoms with Crippen LogP contribution in [0.4, 0.5) is 5.82 Å². The second kappa shape index (κ2) is 5.94. The quantitative estimate of drug-likeness (QED) is 0.720. The molecular weight excluding hydrogens is 336 g/mol. The summed E-state index contributed by atoms with van der Waals surface area (Å²) in [5.41, 5.74) is 2.84. The predicted molar refractivity (Wildman–Crippen MR) is 93.0 cm³/mol. The highest BCUT2D eigenvalue weighted by Crippen LogP contribution is 2.40. The van der Waals surface area contributed by atoms with Gasteiger partial charge in [-0.1, -0.05) is 0 Å². The van der Waals surface area contributed by atoms with E-state index >= 15 is 0 Å². The van der Waals surface area contributed by atoms with Crippen LogP contribution >= 0.6 is 0 Å². The van der Waals surface area contributed by atoms with Gasteiger partial charge in [-0.3, -0.25) is 19.0 Å². The normalized spacial score (nSPS) is 13.9. The van der Waals surface area contributed by atoms with Crippen LogP contribution in [0.1, 0.15) is 40.5 Å². The fourth-order valence-electron chi connectivity index (χ4n) is 3.07. The van der Waals surface area contributed by atoms with Crippen molar-refractivity contribution in [3.05, 3.63) is 35.3 Å². The average Bonchev–Trinajstić information content (AvgIpc) is 3.28. The molecule has 0 unspecified atom stereocenters. The Balaban J connectivity index is 1.69. The van der Waals surface area contributed by atoms with Crippen molar-refractivity contribution >= 4 is 28.7 Å². The molecular formula is C17H18N6O3. The maximum Gasteiger partial charge on any atom is 0.325 e. The molecule has 1 saturated carbocycles. The number of anilines is 1. The van der Waals surface area contributed by atoms with E-state index in [1.54, 1.807) is 10.7 Å². The summed E-state index contributed by atoms with van der Waals surface area (Å²) in [5, 5.41) is 20.7. The van der Waals surface area contributed by atoms with Crippen LogP contribution < -0.4 is 5.32 Å². The lowest BCUT2D eigenvalue weighted by molar-refractivity contribution is -0.137. The van der Waals surface area contributed by atoms with Crippen molar-refractivity contribution in [3.8, 4) is 0 Å². The van der Waals surface area contributed by atoms with E-state index in [0.29, 0.717) is 22.9 Å². The zero-order valence-electron chi connectivity index (χ0n) is 14.4. The largest absolute Gasteiger partial charge is 0.480 e. The van der Waals surface area contributed by atoms with Gasteiger partial charge >= 0.3 is 5.97 Å². The van der Waals surface area contributed by atoms with Crippen LogP contribution in [-0.2, 0) is 18.4 Å².